The van der Waals surface area contributed by atoms with Gasteiger partial charge in [0.2, 0.25) is 0 Å². The Labute approximate surface area is 95.1 Å². The molecule has 2 N–H and O–H groups in total. The Balaban J connectivity index is 2.79. The molecule has 1 aromatic heterocycles. The second-order valence-electron chi connectivity index (χ2n) is 3.85. The fraction of sp³-hybridized carbons (Fsp3) is 0.455. The van der Waals surface area contributed by atoms with Gasteiger partial charge in [0.05, 0.1) is 6.61 Å². The molecule has 0 aliphatic carbocycles. The molecule has 0 aromatic carbocycles. The quantitative estimate of drug-likeness (QED) is 0.768. The minimum Gasteiger partial charge on any atom is -0.394 e. The normalized spacial score (nSPS) is 12.0. The molecule has 0 radical (unpaired) electrons. The third-order valence-corrected chi connectivity index (χ3v) is 2.12. The topological polar surface area (TPSA) is 65.5 Å². The second kappa shape index (κ2) is 5.46. The molecule has 1 atom stereocenters. The van der Waals surface area contributed by atoms with Crippen LogP contribution in [0.2, 0.25) is 0 Å². The largest absolute Gasteiger partial charge is 0.394 e. The van der Waals surface area contributed by atoms with Crippen LogP contribution in [0.25, 0.3) is 0 Å². The van der Waals surface area contributed by atoms with Gasteiger partial charge in [-0.05, 0) is 19.1 Å². The molecule has 1 rings (SSSR count). The van der Waals surface area contributed by atoms with Crippen molar-refractivity contribution in [3.63, 3.8) is 0 Å². The summed E-state index contributed by atoms with van der Waals surface area (Å²) in [6.07, 6.45) is 1.59. The molecule has 0 unspecified atom stereocenters. The van der Waals surface area contributed by atoms with E-state index in [1.54, 1.807) is 25.3 Å². The number of nitrogens with one attached hydrogen (secondary N) is 1. The van der Waals surface area contributed by atoms with Crippen molar-refractivity contribution in [3.8, 4) is 0 Å². The summed E-state index contributed by atoms with van der Waals surface area (Å²) < 4.78 is 0. The van der Waals surface area contributed by atoms with Gasteiger partial charge in [0.25, 0.3) is 5.91 Å². The molecule has 1 amide bonds. The zero-order valence-corrected chi connectivity index (χ0v) is 9.77. The van der Waals surface area contributed by atoms with E-state index in [9.17, 15) is 4.79 Å². The molecule has 0 bridgehead atoms. The van der Waals surface area contributed by atoms with E-state index in [1.165, 1.54) is 0 Å². The molecule has 1 heterocycles. The molecule has 5 heteroatoms. The van der Waals surface area contributed by atoms with Gasteiger partial charge < -0.3 is 15.3 Å². The second-order valence-corrected chi connectivity index (χ2v) is 3.85. The lowest BCUT2D eigenvalue weighted by atomic mass is 10.2. The van der Waals surface area contributed by atoms with E-state index < -0.39 is 0 Å². The molecule has 16 heavy (non-hydrogen) atoms. The van der Waals surface area contributed by atoms with Gasteiger partial charge >= 0.3 is 0 Å². The smallest absolute Gasteiger partial charge is 0.251 e. The van der Waals surface area contributed by atoms with Crippen molar-refractivity contribution in [1.29, 1.82) is 0 Å². The molecule has 0 saturated heterocycles. The number of amides is 1. The van der Waals surface area contributed by atoms with Gasteiger partial charge in [0.1, 0.15) is 5.82 Å². The zero-order valence-electron chi connectivity index (χ0n) is 9.77. The average Bonchev–Trinajstić information content (AvgIpc) is 2.28. The van der Waals surface area contributed by atoms with Crippen molar-refractivity contribution in [1.82, 2.24) is 10.3 Å². The van der Waals surface area contributed by atoms with Crippen molar-refractivity contribution < 1.29 is 9.90 Å². The maximum Gasteiger partial charge on any atom is 0.251 e. The molecule has 1 aromatic rings. The number of rotatable bonds is 4. The Hall–Kier alpha value is -1.62. The van der Waals surface area contributed by atoms with Crippen molar-refractivity contribution in [3.05, 3.63) is 23.9 Å². The first-order valence-corrected chi connectivity index (χ1v) is 5.09. The maximum atomic E-state index is 11.7. The third-order valence-electron chi connectivity index (χ3n) is 2.12. The first-order chi connectivity index (χ1) is 7.54. The summed E-state index contributed by atoms with van der Waals surface area (Å²) in [5.74, 6) is 0.524. The lowest BCUT2D eigenvalue weighted by Crippen LogP contribution is -2.35. The summed E-state index contributed by atoms with van der Waals surface area (Å²) in [5, 5.41) is 11.5. The molecular formula is C11H17N3O2. The number of carbonyl (C=O) groups is 1. The third kappa shape index (κ3) is 3.20. The molecule has 0 aliphatic rings. The molecule has 0 saturated carbocycles. The molecular weight excluding hydrogens is 206 g/mol. The lowest BCUT2D eigenvalue weighted by molar-refractivity contribution is 0.0922. The molecule has 0 fully saturated rings. The van der Waals surface area contributed by atoms with Crippen LogP contribution >= 0.6 is 0 Å². The number of aliphatic hydroxyl groups is 1. The van der Waals surface area contributed by atoms with Gasteiger partial charge in [0.15, 0.2) is 0 Å². The Morgan fingerprint density at radius 2 is 2.31 bits per heavy atom. The van der Waals surface area contributed by atoms with E-state index in [0.29, 0.717) is 5.56 Å². The van der Waals surface area contributed by atoms with Crippen LogP contribution in [0.4, 0.5) is 5.82 Å². The van der Waals surface area contributed by atoms with E-state index in [4.69, 9.17) is 5.11 Å². The number of pyridine rings is 1. The highest BCUT2D eigenvalue weighted by Gasteiger charge is 2.10. The Morgan fingerprint density at radius 3 is 2.88 bits per heavy atom. The summed E-state index contributed by atoms with van der Waals surface area (Å²) in [4.78, 5) is 17.7. The van der Waals surface area contributed by atoms with Gasteiger partial charge in [-0.25, -0.2) is 4.98 Å². The SMILES string of the molecule is C[C@@H](CO)NC(=O)c1ccnc(N(C)C)c1. The van der Waals surface area contributed by atoms with Crippen molar-refractivity contribution in [2.75, 3.05) is 25.6 Å². The van der Waals surface area contributed by atoms with E-state index in [0.717, 1.165) is 5.82 Å². The Morgan fingerprint density at radius 1 is 1.62 bits per heavy atom. The van der Waals surface area contributed by atoms with Gasteiger partial charge in [-0.3, -0.25) is 4.79 Å². The number of anilines is 1. The van der Waals surface area contributed by atoms with E-state index in [2.05, 4.69) is 10.3 Å². The molecule has 0 aliphatic heterocycles. The summed E-state index contributed by atoms with van der Waals surface area (Å²) in [6.45, 7) is 1.67. The van der Waals surface area contributed by atoms with E-state index in [1.807, 2.05) is 19.0 Å². The number of nitrogens with zero attached hydrogens (tertiary/aromatic N) is 2. The average molecular weight is 223 g/mol. The molecule has 88 valence electrons. The number of aliphatic hydroxyl groups excluding tert-OH is 1. The fourth-order valence-corrected chi connectivity index (χ4v) is 1.16. The summed E-state index contributed by atoms with van der Waals surface area (Å²) in [5.41, 5.74) is 0.541. The van der Waals surface area contributed by atoms with Crippen LogP contribution in [0.15, 0.2) is 18.3 Å². The number of aromatic nitrogens is 1. The number of hydrogen-bond acceptors (Lipinski definition) is 4. The van der Waals surface area contributed by atoms with Gasteiger partial charge in [-0.15, -0.1) is 0 Å². The van der Waals surface area contributed by atoms with Crippen LogP contribution in [-0.4, -0.2) is 42.7 Å². The van der Waals surface area contributed by atoms with E-state index >= 15 is 0 Å². The fourth-order valence-electron chi connectivity index (χ4n) is 1.16. The Kier molecular flexibility index (Phi) is 4.25. The van der Waals surface area contributed by atoms with Gasteiger partial charge in [-0.1, -0.05) is 0 Å². The van der Waals surface area contributed by atoms with Crippen molar-refractivity contribution in [2.45, 2.75) is 13.0 Å². The van der Waals surface area contributed by atoms with Crippen LogP contribution in [-0.2, 0) is 0 Å². The first-order valence-electron chi connectivity index (χ1n) is 5.09. The Bertz CT molecular complexity index is 366. The van der Waals surface area contributed by atoms with Crippen LogP contribution in [0, 0.1) is 0 Å². The van der Waals surface area contributed by atoms with Crippen LogP contribution < -0.4 is 10.2 Å². The minimum atomic E-state index is -0.247. The highest BCUT2D eigenvalue weighted by atomic mass is 16.3. The summed E-state index contributed by atoms with van der Waals surface area (Å²) in [6, 6.07) is 3.11. The van der Waals surface area contributed by atoms with Crippen LogP contribution in [0.5, 0.6) is 0 Å². The predicted molar refractivity (Wildman–Crippen MR) is 62.6 cm³/mol. The summed E-state index contributed by atoms with van der Waals surface area (Å²) in [7, 11) is 3.72. The lowest BCUT2D eigenvalue weighted by Gasteiger charge is -2.13. The monoisotopic (exact) mass is 223 g/mol. The number of carbonyl (C=O) groups excluding carboxylic acids is 1. The minimum absolute atomic E-state index is 0.0721. The summed E-state index contributed by atoms with van der Waals surface area (Å²) >= 11 is 0. The molecule has 5 nitrogen and oxygen atoms in total. The van der Waals surface area contributed by atoms with Crippen molar-refractivity contribution in [2.24, 2.45) is 0 Å². The number of hydrogen-bond donors (Lipinski definition) is 2. The standard InChI is InChI=1S/C11H17N3O2/c1-8(7-15)13-11(16)9-4-5-12-10(6-9)14(2)3/h4-6,8,15H,7H2,1-3H3,(H,13,16)/t8-/m0/s1. The predicted octanol–water partition coefficient (Wildman–Crippen LogP) is 0.258. The van der Waals surface area contributed by atoms with Gasteiger partial charge in [0, 0.05) is 31.9 Å². The van der Waals surface area contributed by atoms with Crippen LogP contribution in [0.3, 0.4) is 0 Å². The molecule has 0 spiro atoms. The van der Waals surface area contributed by atoms with Crippen LogP contribution in [0.1, 0.15) is 17.3 Å². The first kappa shape index (κ1) is 12.4. The highest BCUT2D eigenvalue weighted by Crippen LogP contribution is 2.09. The zero-order chi connectivity index (χ0) is 12.1. The maximum absolute atomic E-state index is 11.7. The van der Waals surface area contributed by atoms with E-state index in [-0.39, 0.29) is 18.6 Å². The highest BCUT2D eigenvalue weighted by molar-refractivity contribution is 5.94. The van der Waals surface area contributed by atoms with Gasteiger partial charge in [-0.2, -0.15) is 0 Å². The van der Waals surface area contributed by atoms with Crippen molar-refractivity contribution >= 4 is 11.7 Å².